The lowest BCUT2D eigenvalue weighted by Gasteiger charge is -2.26. The predicted molar refractivity (Wildman–Crippen MR) is 72.9 cm³/mol. The smallest absolute Gasteiger partial charge is 0.313 e. The Morgan fingerprint density at radius 3 is 2.56 bits per heavy atom. The molecule has 0 bridgehead atoms. The zero-order valence-corrected chi connectivity index (χ0v) is 11.9. The summed E-state index contributed by atoms with van der Waals surface area (Å²) >= 11 is 1.17. The maximum Gasteiger partial charge on any atom is 0.313 e. The Morgan fingerprint density at radius 1 is 1.33 bits per heavy atom. The zero-order valence-electron chi connectivity index (χ0n) is 11.1. The van der Waals surface area contributed by atoms with Crippen LogP contribution < -0.4 is 0 Å². The van der Waals surface area contributed by atoms with Crippen molar-refractivity contribution < 1.29 is 14.7 Å². The molecule has 0 aromatic heterocycles. The molecule has 0 radical (unpaired) electrons. The number of likely N-dealkylation sites (N-methyl/N-ethyl adjacent to an activating group) is 1. The van der Waals surface area contributed by atoms with Gasteiger partial charge in [-0.15, -0.1) is 11.8 Å². The van der Waals surface area contributed by atoms with E-state index in [1.807, 2.05) is 4.90 Å². The number of carboxylic acid groups (broad SMARTS) is 1. The van der Waals surface area contributed by atoms with Crippen molar-refractivity contribution in [1.29, 1.82) is 0 Å². The highest BCUT2D eigenvalue weighted by molar-refractivity contribution is 8.00. The van der Waals surface area contributed by atoms with Crippen LogP contribution in [0.25, 0.3) is 0 Å². The molecular formula is C12H22N2O3S. The van der Waals surface area contributed by atoms with E-state index >= 15 is 0 Å². The topological polar surface area (TPSA) is 60.9 Å². The third kappa shape index (κ3) is 4.49. The van der Waals surface area contributed by atoms with E-state index in [-0.39, 0.29) is 17.4 Å². The minimum absolute atomic E-state index is 0.000939. The molecule has 0 aromatic carbocycles. The van der Waals surface area contributed by atoms with Crippen molar-refractivity contribution in [3.63, 3.8) is 0 Å². The molecule has 1 unspecified atom stereocenters. The average molecular weight is 274 g/mol. The first-order valence-corrected chi connectivity index (χ1v) is 7.55. The predicted octanol–water partition coefficient (Wildman–Crippen LogP) is 0.747. The molecule has 1 rings (SSSR count). The highest BCUT2D eigenvalue weighted by Gasteiger charge is 2.28. The van der Waals surface area contributed by atoms with Gasteiger partial charge in [0.2, 0.25) is 5.91 Å². The van der Waals surface area contributed by atoms with Gasteiger partial charge in [-0.3, -0.25) is 14.5 Å². The third-order valence-corrected chi connectivity index (χ3v) is 4.20. The first-order chi connectivity index (χ1) is 8.58. The van der Waals surface area contributed by atoms with Gasteiger partial charge in [-0.25, -0.2) is 0 Å². The fraction of sp³-hybridized carbons (Fsp3) is 0.833. The molecule has 5 nitrogen and oxygen atoms in total. The monoisotopic (exact) mass is 274 g/mol. The molecule has 1 atom stereocenters. The van der Waals surface area contributed by atoms with Crippen molar-refractivity contribution in [2.24, 2.45) is 0 Å². The molecule has 0 aromatic rings. The molecule has 1 aliphatic heterocycles. The largest absolute Gasteiger partial charge is 0.481 e. The van der Waals surface area contributed by atoms with Crippen LogP contribution in [0.15, 0.2) is 0 Å². The fourth-order valence-electron chi connectivity index (χ4n) is 2.32. The summed E-state index contributed by atoms with van der Waals surface area (Å²) in [4.78, 5) is 26.5. The van der Waals surface area contributed by atoms with Crippen LogP contribution in [0.5, 0.6) is 0 Å². The first-order valence-electron chi connectivity index (χ1n) is 6.39. The van der Waals surface area contributed by atoms with E-state index < -0.39 is 5.97 Å². The van der Waals surface area contributed by atoms with Crippen LogP contribution in [0.2, 0.25) is 0 Å². The molecule has 0 spiro atoms. The molecule has 6 heteroatoms. The molecule has 1 amide bonds. The van der Waals surface area contributed by atoms with E-state index in [4.69, 9.17) is 5.11 Å². The molecule has 104 valence electrons. The summed E-state index contributed by atoms with van der Waals surface area (Å²) in [6.45, 7) is 7.88. The molecule has 0 aliphatic carbocycles. The van der Waals surface area contributed by atoms with E-state index in [0.29, 0.717) is 6.04 Å². The Bertz CT molecular complexity index is 295. The van der Waals surface area contributed by atoms with E-state index in [9.17, 15) is 9.59 Å². The van der Waals surface area contributed by atoms with Gasteiger partial charge < -0.3 is 10.0 Å². The summed E-state index contributed by atoms with van der Waals surface area (Å²) in [7, 11) is 0. The van der Waals surface area contributed by atoms with Gasteiger partial charge in [0.05, 0.1) is 11.5 Å². The Morgan fingerprint density at radius 2 is 2.00 bits per heavy atom. The molecule has 1 heterocycles. The van der Waals surface area contributed by atoms with E-state index in [1.54, 1.807) is 0 Å². The normalized spacial score (nSPS) is 19.5. The number of likely N-dealkylation sites (tertiary alicyclic amines) is 1. The molecule has 1 saturated heterocycles. The number of nitrogens with zero attached hydrogens (tertiary/aromatic N) is 2. The number of rotatable bonds is 7. The van der Waals surface area contributed by atoms with Crippen LogP contribution in [-0.4, -0.2) is 70.5 Å². The van der Waals surface area contributed by atoms with Crippen molar-refractivity contribution in [2.45, 2.75) is 26.3 Å². The number of carboxylic acids is 1. The van der Waals surface area contributed by atoms with Crippen molar-refractivity contribution in [3.05, 3.63) is 0 Å². The highest BCUT2D eigenvalue weighted by Crippen LogP contribution is 2.16. The van der Waals surface area contributed by atoms with Crippen molar-refractivity contribution in [3.8, 4) is 0 Å². The minimum Gasteiger partial charge on any atom is -0.481 e. The van der Waals surface area contributed by atoms with Gasteiger partial charge in [-0.1, -0.05) is 13.8 Å². The maximum atomic E-state index is 11.9. The third-order valence-electron chi connectivity index (χ3n) is 3.30. The quantitative estimate of drug-likeness (QED) is 0.742. The summed E-state index contributed by atoms with van der Waals surface area (Å²) in [5.74, 6) is -0.526. The fourth-order valence-corrected chi connectivity index (χ4v) is 2.96. The average Bonchev–Trinajstić information content (AvgIpc) is 2.79. The Hall–Kier alpha value is -0.750. The Labute approximate surface area is 113 Å². The van der Waals surface area contributed by atoms with Gasteiger partial charge in [0.25, 0.3) is 0 Å². The Kier molecular flexibility index (Phi) is 6.49. The van der Waals surface area contributed by atoms with Crippen LogP contribution in [0.1, 0.15) is 20.3 Å². The molecule has 0 saturated carbocycles. The van der Waals surface area contributed by atoms with Gasteiger partial charge in [0, 0.05) is 19.1 Å². The second kappa shape index (κ2) is 7.63. The summed E-state index contributed by atoms with van der Waals surface area (Å²) in [5, 5.41) is 8.52. The van der Waals surface area contributed by atoms with Crippen LogP contribution in [-0.2, 0) is 9.59 Å². The second-order valence-corrected chi connectivity index (χ2v) is 5.38. The van der Waals surface area contributed by atoms with E-state index in [2.05, 4.69) is 18.7 Å². The van der Waals surface area contributed by atoms with E-state index in [0.717, 1.165) is 32.6 Å². The molecule has 1 fully saturated rings. The maximum absolute atomic E-state index is 11.9. The number of carbonyl (C=O) groups is 2. The van der Waals surface area contributed by atoms with Crippen LogP contribution >= 0.6 is 11.8 Å². The molecule has 18 heavy (non-hydrogen) atoms. The Balaban J connectivity index is 2.32. The summed E-state index contributed by atoms with van der Waals surface area (Å²) in [6, 6.07) is 0.466. The molecule has 1 aliphatic rings. The number of thioether (sulfide) groups is 1. The van der Waals surface area contributed by atoms with Gasteiger partial charge in [-0.05, 0) is 19.5 Å². The zero-order chi connectivity index (χ0) is 13.5. The lowest BCUT2D eigenvalue weighted by Crippen LogP contribution is -2.39. The van der Waals surface area contributed by atoms with Crippen LogP contribution in [0, 0.1) is 0 Å². The van der Waals surface area contributed by atoms with Gasteiger partial charge in [-0.2, -0.15) is 0 Å². The van der Waals surface area contributed by atoms with Gasteiger partial charge >= 0.3 is 5.97 Å². The van der Waals surface area contributed by atoms with Crippen molar-refractivity contribution in [1.82, 2.24) is 9.80 Å². The number of amides is 1. The van der Waals surface area contributed by atoms with Gasteiger partial charge in [0.15, 0.2) is 0 Å². The molecule has 1 N–H and O–H groups in total. The lowest BCUT2D eigenvalue weighted by molar-refractivity contribution is -0.133. The molecular weight excluding hydrogens is 252 g/mol. The minimum atomic E-state index is -0.866. The van der Waals surface area contributed by atoms with Gasteiger partial charge in [0.1, 0.15) is 0 Å². The summed E-state index contributed by atoms with van der Waals surface area (Å²) < 4.78 is 0. The SMILES string of the molecule is CCN(CC)C1CCN(C(=O)CSCC(=O)O)C1. The highest BCUT2D eigenvalue weighted by atomic mass is 32.2. The number of hydrogen-bond donors (Lipinski definition) is 1. The second-order valence-electron chi connectivity index (χ2n) is 4.39. The van der Waals surface area contributed by atoms with Crippen molar-refractivity contribution >= 4 is 23.6 Å². The number of hydrogen-bond acceptors (Lipinski definition) is 4. The number of aliphatic carboxylic acids is 1. The van der Waals surface area contributed by atoms with Crippen LogP contribution in [0.3, 0.4) is 0 Å². The standard InChI is InChI=1S/C12H22N2O3S/c1-3-13(4-2)10-5-6-14(7-10)11(15)8-18-9-12(16)17/h10H,3-9H2,1-2H3,(H,16,17). The first kappa shape index (κ1) is 15.3. The van der Waals surface area contributed by atoms with Crippen molar-refractivity contribution in [2.75, 3.05) is 37.7 Å². The van der Waals surface area contributed by atoms with Crippen LogP contribution in [0.4, 0.5) is 0 Å². The summed E-state index contributed by atoms with van der Waals surface area (Å²) in [6.07, 6.45) is 1.02. The summed E-state index contributed by atoms with van der Waals surface area (Å²) in [5.41, 5.74) is 0. The lowest BCUT2D eigenvalue weighted by atomic mass is 10.2. The number of carbonyl (C=O) groups excluding carboxylic acids is 1. The van der Waals surface area contributed by atoms with E-state index in [1.165, 1.54) is 11.8 Å².